The average Bonchev–Trinajstić information content (AvgIpc) is 2.65. The minimum atomic E-state index is -0.553. The summed E-state index contributed by atoms with van der Waals surface area (Å²) < 4.78 is 15.3. The van der Waals surface area contributed by atoms with E-state index in [1.807, 2.05) is 0 Å². The second-order valence-corrected chi connectivity index (χ2v) is 3.46. The van der Waals surface area contributed by atoms with Crippen LogP contribution in [0.25, 0.3) is 0 Å². The number of rotatable bonds is 2. The Bertz CT molecular complexity index is 422. The molecule has 0 spiro atoms. The second-order valence-electron chi connectivity index (χ2n) is 3.06. The molecule has 1 N–H and O–H groups in total. The van der Waals surface area contributed by atoms with E-state index in [0.717, 1.165) is 0 Å². The monoisotopic (exact) mass is 243 g/mol. The van der Waals surface area contributed by atoms with Gasteiger partial charge in [-0.2, -0.15) is 0 Å². The molecule has 1 amide bonds. The smallest absolute Gasteiger partial charge is 0.412 e. The molecule has 0 unspecified atom stereocenters. The number of carbonyl (C=O) groups is 1. The van der Waals surface area contributed by atoms with Crippen LogP contribution in [0.3, 0.4) is 0 Å². The fraction of sp³-hybridized carbons (Fsp3) is 0.300. The first-order valence-electron chi connectivity index (χ1n) is 4.75. The third kappa shape index (κ3) is 2.14. The van der Waals surface area contributed by atoms with Crippen LogP contribution in [-0.2, 0) is 0 Å². The van der Waals surface area contributed by atoms with Gasteiger partial charge in [-0.05, 0) is 6.92 Å². The Morgan fingerprint density at radius 1 is 1.50 bits per heavy atom. The van der Waals surface area contributed by atoms with Gasteiger partial charge in [0.15, 0.2) is 17.2 Å². The van der Waals surface area contributed by atoms with Crippen molar-refractivity contribution in [1.82, 2.24) is 5.32 Å². The summed E-state index contributed by atoms with van der Waals surface area (Å²) in [7, 11) is 0. The van der Waals surface area contributed by atoms with Crippen LogP contribution in [0, 0.1) is 0 Å². The van der Waals surface area contributed by atoms with Gasteiger partial charge >= 0.3 is 6.09 Å². The largest absolute Gasteiger partial charge is 0.454 e. The van der Waals surface area contributed by atoms with Crippen LogP contribution in [0.1, 0.15) is 6.92 Å². The minimum Gasteiger partial charge on any atom is -0.454 e. The summed E-state index contributed by atoms with van der Waals surface area (Å²) in [6.07, 6.45) is -0.553. The first-order valence-corrected chi connectivity index (χ1v) is 5.13. The molecule has 6 heteroatoms. The number of ether oxygens (including phenoxy) is 3. The summed E-state index contributed by atoms with van der Waals surface area (Å²) >= 11 is 5.91. The summed E-state index contributed by atoms with van der Waals surface area (Å²) in [5.74, 6) is 1.31. The molecule has 1 aromatic rings. The maximum absolute atomic E-state index is 11.2. The molecule has 5 nitrogen and oxygen atoms in total. The highest BCUT2D eigenvalue weighted by Gasteiger charge is 2.18. The van der Waals surface area contributed by atoms with Crippen molar-refractivity contribution in [2.75, 3.05) is 13.3 Å². The van der Waals surface area contributed by atoms with Crippen LogP contribution in [0.5, 0.6) is 17.2 Å². The minimum absolute atomic E-state index is 0.149. The highest BCUT2D eigenvalue weighted by Crippen LogP contribution is 2.40. The maximum atomic E-state index is 11.2. The maximum Gasteiger partial charge on any atom is 0.412 e. The van der Waals surface area contributed by atoms with Gasteiger partial charge in [0, 0.05) is 18.7 Å². The Morgan fingerprint density at radius 3 is 2.88 bits per heavy atom. The van der Waals surface area contributed by atoms with E-state index in [0.29, 0.717) is 23.1 Å². The molecule has 1 aliphatic rings. The van der Waals surface area contributed by atoms with Crippen molar-refractivity contribution < 1.29 is 19.0 Å². The lowest BCUT2D eigenvalue weighted by molar-refractivity contribution is 0.174. The van der Waals surface area contributed by atoms with Crippen molar-refractivity contribution in [3.63, 3.8) is 0 Å². The number of hydrogen-bond donors (Lipinski definition) is 1. The van der Waals surface area contributed by atoms with Crippen molar-refractivity contribution in [2.24, 2.45) is 0 Å². The third-order valence-electron chi connectivity index (χ3n) is 1.95. The fourth-order valence-electron chi connectivity index (χ4n) is 1.26. The predicted octanol–water partition coefficient (Wildman–Crippen LogP) is 2.18. The van der Waals surface area contributed by atoms with Crippen molar-refractivity contribution in [2.45, 2.75) is 6.92 Å². The zero-order chi connectivity index (χ0) is 11.5. The van der Waals surface area contributed by atoms with Gasteiger partial charge in [0.25, 0.3) is 0 Å². The van der Waals surface area contributed by atoms with Gasteiger partial charge in [-0.3, -0.25) is 0 Å². The van der Waals surface area contributed by atoms with E-state index in [1.165, 1.54) is 6.07 Å². The summed E-state index contributed by atoms with van der Waals surface area (Å²) in [5.41, 5.74) is 0. The SMILES string of the molecule is CCNC(=O)Oc1cc2c(cc1Cl)OCO2. The Morgan fingerprint density at radius 2 is 2.19 bits per heavy atom. The molecular formula is C10H10ClNO4. The first-order chi connectivity index (χ1) is 7.70. The molecule has 0 saturated heterocycles. The van der Waals surface area contributed by atoms with E-state index in [2.05, 4.69) is 5.32 Å². The summed E-state index contributed by atoms with van der Waals surface area (Å²) in [6.45, 7) is 2.43. The van der Waals surface area contributed by atoms with Gasteiger partial charge < -0.3 is 19.5 Å². The molecule has 0 fully saturated rings. The average molecular weight is 244 g/mol. The standard InChI is InChI=1S/C10H10ClNO4/c1-2-12-10(13)16-7-4-9-8(3-6(7)11)14-5-15-9/h3-4H,2,5H2,1H3,(H,12,13). The van der Waals surface area contributed by atoms with E-state index in [4.69, 9.17) is 25.8 Å². The van der Waals surface area contributed by atoms with E-state index in [-0.39, 0.29) is 12.5 Å². The van der Waals surface area contributed by atoms with Gasteiger partial charge in [0.05, 0.1) is 5.02 Å². The second kappa shape index (κ2) is 4.49. The number of nitrogens with one attached hydrogen (secondary N) is 1. The van der Waals surface area contributed by atoms with Crippen LogP contribution in [0.15, 0.2) is 12.1 Å². The van der Waals surface area contributed by atoms with E-state index >= 15 is 0 Å². The van der Waals surface area contributed by atoms with Crippen molar-refractivity contribution in [1.29, 1.82) is 0 Å². The van der Waals surface area contributed by atoms with E-state index in [9.17, 15) is 4.79 Å². The van der Waals surface area contributed by atoms with Crippen molar-refractivity contribution >= 4 is 17.7 Å². The lowest BCUT2D eigenvalue weighted by Gasteiger charge is -2.07. The molecule has 1 heterocycles. The van der Waals surface area contributed by atoms with E-state index in [1.54, 1.807) is 13.0 Å². The molecule has 0 bridgehead atoms. The Hall–Kier alpha value is -1.62. The zero-order valence-electron chi connectivity index (χ0n) is 8.58. The van der Waals surface area contributed by atoms with Crippen LogP contribution in [0.4, 0.5) is 4.79 Å². The Balaban J connectivity index is 2.18. The number of benzene rings is 1. The third-order valence-corrected chi connectivity index (χ3v) is 2.25. The number of amides is 1. The molecule has 0 atom stereocenters. The lowest BCUT2D eigenvalue weighted by atomic mass is 10.3. The summed E-state index contributed by atoms with van der Waals surface area (Å²) in [6, 6.07) is 3.08. The van der Waals surface area contributed by atoms with Crippen LogP contribution in [-0.4, -0.2) is 19.4 Å². The predicted molar refractivity (Wildman–Crippen MR) is 57.3 cm³/mol. The fourth-order valence-corrected chi connectivity index (χ4v) is 1.45. The molecule has 1 aliphatic heterocycles. The summed E-state index contributed by atoms with van der Waals surface area (Å²) in [4.78, 5) is 11.2. The van der Waals surface area contributed by atoms with Crippen molar-refractivity contribution in [3.8, 4) is 17.2 Å². The molecule has 16 heavy (non-hydrogen) atoms. The topological polar surface area (TPSA) is 56.8 Å². The van der Waals surface area contributed by atoms with E-state index < -0.39 is 6.09 Å². The number of hydrogen-bond acceptors (Lipinski definition) is 4. The molecule has 0 aliphatic carbocycles. The van der Waals surface area contributed by atoms with Gasteiger partial charge in [0.2, 0.25) is 6.79 Å². The number of halogens is 1. The molecule has 0 radical (unpaired) electrons. The molecular weight excluding hydrogens is 234 g/mol. The lowest BCUT2D eigenvalue weighted by Crippen LogP contribution is -2.26. The molecule has 86 valence electrons. The first kappa shape index (κ1) is 10.9. The molecule has 0 aromatic heterocycles. The molecule has 1 aromatic carbocycles. The quantitative estimate of drug-likeness (QED) is 0.865. The zero-order valence-corrected chi connectivity index (χ0v) is 9.34. The normalized spacial score (nSPS) is 12.4. The van der Waals surface area contributed by atoms with Crippen molar-refractivity contribution in [3.05, 3.63) is 17.2 Å². The van der Waals surface area contributed by atoms with Crippen LogP contribution in [0.2, 0.25) is 5.02 Å². The van der Waals surface area contributed by atoms with Crippen LogP contribution < -0.4 is 19.5 Å². The van der Waals surface area contributed by atoms with Gasteiger partial charge in [-0.15, -0.1) is 0 Å². The number of fused-ring (bicyclic) bond motifs is 1. The highest BCUT2D eigenvalue weighted by atomic mass is 35.5. The summed E-state index contributed by atoms with van der Waals surface area (Å²) in [5, 5.41) is 2.80. The molecule has 2 rings (SSSR count). The van der Waals surface area contributed by atoms with Gasteiger partial charge in [0.1, 0.15) is 0 Å². The number of carbonyl (C=O) groups excluding carboxylic acids is 1. The Labute approximate surface area is 97.2 Å². The Kier molecular flexibility index (Phi) is 3.05. The van der Waals surface area contributed by atoms with Crippen LogP contribution >= 0.6 is 11.6 Å². The van der Waals surface area contributed by atoms with Gasteiger partial charge in [-0.1, -0.05) is 11.6 Å². The van der Waals surface area contributed by atoms with Gasteiger partial charge in [-0.25, -0.2) is 4.79 Å². The molecule has 0 saturated carbocycles. The highest BCUT2D eigenvalue weighted by molar-refractivity contribution is 6.32.